The number of aromatic amines is 1. The van der Waals surface area contributed by atoms with Gasteiger partial charge in [0.05, 0.1) is 45.5 Å². The predicted molar refractivity (Wildman–Crippen MR) is 215 cm³/mol. The van der Waals surface area contributed by atoms with Crippen molar-refractivity contribution in [2.45, 2.75) is 86.6 Å². The summed E-state index contributed by atoms with van der Waals surface area (Å²) in [5.41, 5.74) is 2.29. The highest BCUT2D eigenvalue weighted by atomic mass is 17.2. The Balaban J connectivity index is 1.35. The number of para-hydroxylation sites is 1. The zero-order chi connectivity index (χ0) is 40.1. The number of aliphatic hydroxyl groups excluding tert-OH is 1. The van der Waals surface area contributed by atoms with Crippen LogP contribution in [0.4, 0.5) is 5.69 Å². The number of methoxy groups -OCH3 is 2. The number of hydrogen-bond acceptors (Lipinski definition) is 11. The van der Waals surface area contributed by atoms with Crippen LogP contribution in [-0.4, -0.2) is 122 Å². The van der Waals surface area contributed by atoms with Gasteiger partial charge in [-0.1, -0.05) is 50.3 Å². The molecule has 1 aromatic heterocycles. The summed E-state index contributed by atoms with van der Waals surface area (Å²) in [5, 5.41) is 37.0. The Bertz CT molecular complexity index is 2210. The number of hydrogen-bond donors (Lipinski definition) is 3. The van der Waals surface area contributed by atoms with Crippen molar-refractivity contribution in [1.82, 2.24) is 14.8 Å². The molecule has 6 heterocycles. The summed E-state index contributed by atoms with van der Waals surface area (Å²) in [6, 6.07) is 14.0. The SMILES string of the molecule is CCC1=C[C@H]2CN(CCc3c([nH]c4ccccc34)[C@@](COOC)(c3cc4c(cc3OC)N(C)C3C(O)(C(=O)OC)C(O)[C@]5(CC)C=CCN6CC[C@]43C65)C2)C1C#N. The summed E-state index contributed by atoms with van der Waals surface area (Å²) in [6.07, 6.45) is 8.32. The lowest BCUT2D eigenvalue weighted by Crippen LogP contribution is -2.80. The molecule has 2 bridgehead atoms. The standard InChI is InChI=1S/C45H55N5O7/c1-7-28-20-27-23-43(26-57-56-6,37-30(14-18-50(25-27)35(28)24-46)29-12-9-10-13-33(29)47-37)32-21-31-34(22-36(32)54-4)48(3)39-44(31)16-19-49-17-11-15-42(8-2,38(44)49)40(51)45(39,53)41(52)55-5/h9-13,15,20-22,27,35,38-40,47,51,53H,7-8,14,16-19,23,25-26H2,1-6H3/t27-,35?,38?,39?,40?,42-,43+,44-,45?/m1/s1. The van der Waals surface area contributed by atoms with Gasteiger partial charge in [0.25, 0.3) is 0 Å². The molecule has 0 amide bonds. The van der Waals surface area contributed by atoms with Gasteiger partial charge in [0.1, 0.15) is 17.9 Å². The number of benzene rings is 2. The minimum Gasteiger partial charge on any atom is -0.496 e. The summed E-state index contributed by atoms with van der Waals surface area (Å²) >= 11 is 0. The third-order valence-corrected chi connectivity index (χ3v) is 15.1. The van der Waals surface area contributed by atoms with Gasteiger partial charge < -0.3 is 29.6 Å². The maximum absolute atomic E-state index is 14.1. The van der Waals surface area contributed by atoms with Crippen molar-refractivity contribution in [3.8, 4) is 11.8 Å². The smallest absolute Gasteiger partial charge is 0.342 e. The Morgan fingerprint density at radius 2 is 1.89 bits per heavy atom. The van der Waals surface area contributed by atoms with Crippen LogP contribution < -0.4 is 9.64 Å². The van der Waals surface area contributed by atoms with E-state index in [2.05, 4.69) is 76.3 Å². The van der Waals surface area contributed by atoms with Gasteiger partial charge >= 0.3 is 5.97 Å². The number of rotatable bonds is 8. The monoisotopic (exact) mass is 777 g/mol. The molecule has 1 aliphatic carbocycles. The van der Waals surface area contributed by atoms with E-state index in [0.717, 1.165) is 58.5 Å². The zero-order valence-electron chi connectivity index (χ0n) is 33.9. The third kappa shape index (κ3) is 4.90. The number of fused-ring (bicyclic) bond motifs is 6. The summed E-state index contributed by atoms with van der Waals surface area (Å²) < 4.78 is 11.8. The Labute approximate surface area is 334 Å². The average Bonchev–Trinajstić information content (AvgIpc) is 3.90. The summed E-state index contributed by atoms with van der Waals surface area (Å²) in [4.78, 5) is 36.4. The fourth-order valence-corrected chi connectivity index (χ4v) is 13.0. The molecule has 57 heavy (non-hydrogen) atoms. The zero-order valence-corrected chi connectivity index (χ0v) is 33.9. The molecule has 1 saturated carbocycles. The fraction of sp³-hybridized carbons (Fsp3) is 0.556. The normalized spacial score (nSPS) is 36.5. The lowest BCUT2D eigenvalue weighted by Gasteiger charge is -2.63. The Morgan fingerprint density at radius 1 is 1.09 bits per heavy atom. The van der Waals surface area contributed by atoms with Crippen LogP contribution in [0.3, 0.4) is 0 Å². The van der Waals surface area contributed by atoms with Gasteiger partial charge in [0.2, 0.25) is 5.60 Å². The largest absolute Gasteiger partial charge is 0.496 e. The Hall–Kier alpha value is -4.22. The molecule has 2 fully saturated rings. The number of carbonyl (C=O) groups excluding carboxylic acids is 1. The topological polar surface area (TPSA) is 144 Å². The first-order chi connectivity index (χ1) is 27.5. The second-order valence-corrected chi connectivity index (χ2v) is 17.2. The first-order valence-electron chi connectivity index (χ1n) is 20.5. The van der Waals surface area contributed by atoms with E-state index in [4.69, 9.17) is 19.2 Å². The molecule has 3 aromatic rings. The molecule has 6 unspecified atom stereocenters. The van der Waals surface area contributed by atoms with Gasteiger partial charge in [-0.05, 0) is 73.4 Å². The number of likely N-dealkylation sites (N-methyl/N-ethyl adjacent to an activating group) is 1. The van der Waals surface area contributed by atoms with E-state index < -0.39 is 40.0 Å². The number of aliphatic hydroxyl groups is 2. The van der Waals surface area contributed by atoms with Crippen LogP contribution in [0.5, 0.6) is 5.75 Å². The number of nitrogens with zero attached hydrogens (tertiary/aromatic N) is 4. The van der Waals surface area contributed by atoms with Crippen molar-refractivity contribution < 1.29 is 34.3 Å². The molecule has 6 aliphatic rings. The van der Waals surface area contributed by atoms with Crippen LogP contribution in [0.1, 0.15) is 61.9 Å². The fourth-order valence-electron chi connectivity index (χ4n) is 13.0. The molecular formula is C45H55N5O7. The van der Waals surface area contributed by atoms with E-state index in [1.807, 2.05) is 24.9 Å². The number of aromatic nitrogens is 1. The van der Waals surface area contributed by atoms with Gasteiger partial charge in [-0.3, -0.25) is 9.80 Å². The van der Waals surface area contributed by atoms with E-state index >= 15 is 0 Å². The van der Waals surface area contributed by atoms with Crippen molar-refractivity contribution in [2.24, 2.45) is 11.3 Å². The number of anilines is 1. The summed E-state index contributed by atoms with van der Waals surface area (Å²) in [5.74, 6) is -0.139. The molecule has 10 atom stereocenters. The second kappa shape index (κ2) is 13.7. The first kappa shape index (κ1) is 38.3. The minimum atomic E-state index is -2.25. The molecular weight excluding hydrogens is 723 g/mol. The van der Waals surface area contributed by atoms with Crippen LogP contribution in [-0.2, 0) is 36.6 Å². The van der Waals surface area contributed by atoms with Crippen LogP contribution in [0.15, 0.2) is 60.2 Å². The van der Waals surface area contributed by atoms with Crippen molar-refractivity contribution in [2.75, 3.05) is 66.1 Å². The van der Waals surface area contributed by atoms with Crippen LogP contribution in [0.25, 0.3) is 10.9 Å². The van der Waals surface area contributed by atoms with Crippen molar-refractivity contribution in [3.05, 3.63) is 82.6 Å². The highest BCUT2D eigenvalue weighted by Crippen LogP contribution is 2.67. The molecule has 12 nitrogen and oxygen atoms in total. The molecule has 1 spiro atoms. The molecule has 12 heteroatoms. The lowest BCUT2D eigenvalue weighted by atomic mass is 9.47. The van der Waals surface area contributed by atoms with Gasteiger partial charge in [-0.25, -0.2) is 14.6 Å². The molecule has 3 N–H and O–H groups in total. The number of ether oxygens (including phenoxy) is 2. The predicted octanol–water partition coefficient (Wildman–Crippen LogP) is 4.52. The second-order valence-electron chi connectivity index (χ2n) is 17.2. The van der Waals surface area contributed by atoms with Crippen LogP contribution in [0.2, 0.25) is 0 Å². The minimum absolute atomic E-state index is 0.0568. The van der Waals surface area contributed by atoms with Crippen LogP contribution in [0, 0.1) is 22.7 Å². The third-order valence-electron chi connectivity index (χ3n) is 15.1. The highest BCUT2D eigenvalue weighted by molar-refractivity contribution is 5.88. The van der Waals surface area contributed by atoms with Gasteiger partial charge in [-0.15, -0.1) is 0 Å². The van der Waals surface area contributed by atoms with Gasteiger partial charge in [0, 0.05) is 77.5 Å². The maximum atomic E-state index is 14.1. The maximum Gasteiger partial charge on any atom is 0.342 e. The number of nitriles is 1. The average molecular weight is 778 g/mol. The molecule has 1 saturated heterocycles. The van der Waals surface area contributed by atoms with Crippen molar-refractivity contribution in [3.63, 3.8) is 0 Å². The molecule has 2 aromatic carbocycles. The van der Waals surface area contributed by atoms with E-state index in [1.165, 1.54) is 19.8 Å². The number of nitrogens with one attached hydrogen (secondary N) is 1. The number of esters is 1. The van der Waals surface area contributed by atoms with Crippen LogP contribution >= 0.6 is 0 Å². The van der Waals surface area contributed by atoms with Crippen molar-refractivity contribution in [1.29, 1.82) is 5.26 Å². The molecule has 9 rings (SSSR count). The van der Waals surface area contributed by atoms with E-state index in [1.54, 1.807) is 7.11 Å². The van der Waals surface area contributed by atoms with Gasteiger partial charge in [0.15, 0.2) is 0 Å². The van der Waals surface area contributed by atoms with Crippen molar-refractivity contribution >= 4 is 22.6 Å². The summed E-state index contributed by atoms with van der Waals surface area (Å²) in [7, 11) is 6.42. The highest BCUT2D eigenvalue weighted by Gasteiger charge is 2.79. The van der Waals surface area contributed by atoms with Gasteiger partial charge in [-0.2, -0.15) is 5.26 Å². The lowest BCUT2D eigenvalue weighted by molar-refractivity contribution is -0.281. The number of H-pyrrole nitrogens is 1. The first-order valence-corrected chi connectivity index (χ1v) is 20.5. The summed E-state index contributed by atoms with van der Waals surface area (Å²) in [6.45, 7) is 7.21. The Kier molecular flexibility index (Phi) is 9.20. The Morgan fingerprint density at radius 3 is 2.61 bits per heavy atom. The molecule has 302 valence electrons. The molecule has 5 aliphatic heterocycles. The van der Waals surface area contributed by atoms with E-state index in [0.29, 0.717) is 44.5 Å². The molecule has 0 radical (unpaired) electrons. The van der Waals surface area contributed by atoms with E-state index in [-0.39, 0.29) is 24.6 Å². The van der Waals surface area contributed by atoms with E-state index in [9.17, 15) is 20.3 Å². The quantitative estimate of drug-likeness (QED) is 0.129. The number of carbonyl (C=O) groups is 1.